The van der Waals surface area contributed by atoms with E-state index >= 15 is 0 Å². The number of nitrogens with one attached hydrogen (secondary N) is 1. The number of ether oxygens (including phenoxy) is 1. The Kier molecular flexibility index (Phi) is 5.95. The number of sulfone groups is 1. The van der Waals surface area contributed by atoms with Crippen LogP contribution in [0.2, 0.25) is 0 Å². The molecule has 1 aliphatic rings. The van der Waals surface area contributed by atoms with Gasteiger partial charge in [-0.05, 0) is 36.6 Å². The highest BCUT2D eigenvalue weighted by atomic mass is 32.2. The third kappa shape index (κ3) is 4.78. The van der Waals surface area contributed by atoms with Gasteiger partial charge >= 0.3 is 5.97 Å². The molecule has 7 nitrogen and oxygen atoms in total. The van der Waals surface area contributed by atoms with Crippen LogP contribution in [0.4, 0.5) is 5.69 Å². The number of carboxylic acids is 1. The summed E-state index contributed by atoms with van der Waals surface area (Å²) >= 11 is 0. The highest BCUT2D eigenvalue weighted by molar-refractivity contribution is 7.92. The van der Waals surface area contributed by atoms with Gasteiger partial charge in [0.15, 0.2) is 9.84 Å². The van der Waals surface area contributed by atoms with E-state index in [-0.39, 0.29) is 17.9 Å². The number of benzene rings is 1. The number of carbonyl (C=O) groups excluding carboxylic acids is 1. The zero-order valence-corrected chi connectivity index (χ0v) is 14.3. The number of carbonyl (C=O) groups is 2. The highest BCUT2D eigenvalue weighted by Crippen LogP contribution is 2.25. The van der Waals surface area contributed by atoms with E-state index in [9.17, 15) is 18.0 Å². The largest absolute Gasteiger partial charge is 0.478 e. The third-order valence-electron chi connectivity index (χ3n) is 3.98. The first kappa shape index (κ1) is 18.4. The van der Waals surface area contributed by atoms with Crippen LogP contribution in [-0.2, 0) is 26.0 Å². The summed E-state index contributed by atoms with van der Waals surface area (Å²) in [6.07, 6.45) is 2.93. The Morgan fingerprint density at radius 2 is 1.92 bits per heavy atom. The lowest BCUT2D eigenvalue weighted by Gasteiger charge is -2.12. The molecule has 0 aliphatic heterocycles. The van der Waals surface area contributed by atoms with E-state index in [0.717, 1.165) is 12.8 Å². The molecule has 0 heterocycles. The summed E-state index contributed by atoms with van der Waals surface area (Å²) < 4.78 is 29.4. The number of anilines is 1. The minimum Gasteiger partial charge on any atom is -0.478 e. The van der Waals surface area contributed by atoms with Crippen LogP contribution >= 0.6 is 0 Å². The Bertz CT molecular complexity index is 722. The zero-order chi connectivity index (χ0) is 17.7. The van der Waals surface area contributed by atoms with Crippen molar-refractivity contribution in [3.05, 3.63) is 29.3 Å². The normalized spacial score (nSPS) is 15.4. The number of amides is 1. The first-order chi connectivity index (χ1) is 11.3. The number of aromatic carboxylic acids is 1. The molecule has 0 radical (unpaired) electrons. The van der Waals surface area contributed by atoms with Gasteiger partial charge < -0.3 is 15.2 Å². The Morgan fingerprint density at radius 1 is 1.25 bits per heavy atom. The molecule has 8 heteroatoms. The summed E-state index contributed by atoms with van der Waals surface area (Å²) in [5.74, 6) is -2.39. The molecule has 0 saturated heterocycles. The molecule has 0 atom stereocenters. The molecule has 0 unspecified atom stereocenters. The second-order valence-electron chi connectivity index (χ2n) is 5.92. The van der Waals surface area contributed by atoms with Crippen LogP contribution in [0.1, 0.15) is 41.6 Å². The SMILES string of the molecule is COCc1cc(NC(=O)CS(=O)(=O)C2CCCC2)cc(C(=O)O)c1. The Morgan fingerprint density at radius 3 is 2.50 bits per heavy atom. The Hall–Kier alpha value is -1.93. The molecule has 2 rings (SSSR count). The number of hydrogen-bond acceptors (Lipinski definition) is 5. The molecule has 0 aromatic heterocycles. The van der Waals surface area contributed by atoms with Gasteiger partial charge in [-0.15, -0.1) is 0 Å². The minimum atomic E-state index is -3.48. The molecule has 2 N–H and O–H groups in total. The maximum absolute atomic E-state index is 12.2. The lowest BCUT2D eigenvalue weighted by Crippen LogP contribution is -2.29. The molecule has 1 fully saturated rings. The lowest BCUT2D eigenvalue weighted by atomic mass is 10.1. The minimum absolute atomic E-state index is 0.00139. The first-order valence-corrected chi connectivity index (χ1v) is 9.41. The van der Waals surface area contributed by atoms with Gasteiger partial charge in [0.05, 0.1) is 17.4 Å². The second-order valence-corrected chi connectivity index (χ2v) is 8.20. The van der Waals surface area contributed by atoms with Crippen molar-refractivity contribution in [2.75, 3.05) is 18.2 Å². The standard InChI is InChI=1S/C16H21NO6S/c1-23-9-11-6-12(16(19)20)8-13(7-11)17-15(18)10-24(21,22)14-4-2-3-5-14/h6-8,14H,2-5,9-10H2,1H3,(H,17,18)(H,19,20). The topological polar surface area (TPSA) is 110 Å². The fraction of sp³-hybridized carbons (Fsp3) is 0.500. The molecule has 1 aromatic carbocycles. The van der Waals surface area contributed by atoms with Crippen molar-refractivity contribution in [2.24, 2.45) is 0 Å². The van der Waals surface area contributed by atoms with Crippen LogP contribution in [0, 0.1) is 0 Å². The number of hydrogen-bond donors (Lipinski definition) is 2. The van der Waals surface area contributed by atoms with Crippen molar-refractivity contribution < 1.29 is 27.9 Å². The summed E-state index contributed by atoms with van der Waals surface area (Å²) in [5.41, 5.74) is 0.818. The van der Waals surface area contributed by atoms with Crippen molar-refractivity contribution >= 4 is 27.4 Å². The van der Waals surface area contributed by atoms with Crippen LogP contribution in [0.15, 0.2) is 18.2 Å². The Balaban J connectivity index is 2.11. The van der Waals surface area contributed by atoms with Gasteiger partial charge in [-0.3, -0.25) is 4.79 Å². The lowest BCUT2D eigenvalue weighted by molar-refractivity contribution is -0.113. The van der Waals surface area contributed by atoms with Crippen LogP contribution in [0.3, 0.4) is 0 Å². The Labute approximate surface area is 140 Å². The van der Waals surface area contributed by atoms with Crippen molar-refractivity contribution in [1.29, 1.82) is 0 Å². The van der Waals surface area contributed by atoms with Crippen molar-refractivity contribution in [3.8, 4) is 0 Å². The summed E-state index contributed by atoms with van der Waals surface area (Å²) in [7, 11) is -2.01. The molecular formula is C16H21NO6S. The number of rotatable bonds is 7. The van der Waals surface area contributed by atoms with E-state index in [1.54, 1.807) is 6.07 Å². The summed E-state index contributed by atoms with van der Waals surface area (Å²) in [5, 5.41) is 11.1. The molecule has 1 aliphatic carbocycles. The molecule has 1 saturated carbocycles. The molecule has 1 aromatic rings. The van der Waals surface area contributed by atoms with Gasteiger partial charge in [0, 0.05) is 12.8 Å². The van der Waals surface area contributed by atoms with E-state index in [1.807, 2.05) is 0 Å². The second kappa shape index (κ2) is 7.76. The zero-order valence-electron chi connectivity index (χ0n) is 13.4. The highest BCUT2D eigenvalue weighted by Gasteiger charge is 2.30. The molecule has 24 heavy (non-hydrogen) atoms. The van der Waals surface area contributed by atoms with Gasteiger partial charge in [-0.25, -0.2) is 13.2 Å². The van der Waals surface area contributed by atoms with E-state index < -0.39 is 32.7 Å². The van der Waals surface area contributed by atoms with Gasteiger partial charge in [-0.2, -0.15) is 0 Å². The number of carboxylic acid groups (broad SMARTS) is 1. The molecule has 0 spiro atoms. The molecule has 1 amide bonds. The van der Waals surface area contributed by atoms with Gasteiger partial charge in [0.2, 0.25) is 5.91 Å². The van der Waals surface area contributed by atoms with Crippen molar-refractivity contribution in [1.82, 2.24) is 0 Å². The predicted molar refractivity (Wildman–Crippen MR) is 88.8 cm³/mol. The fourth-order valence-electron chi connectivity index (χ4n) is 2.88. The molecule has 132 valence electrons. The van der Waals surface area contributed by atoms with Gasteiger partial charge in [0.1, 0.15) is 5.75 Å². The van der Waals surface area contributed by atoms with Gasteiger partial charge in [-0.1, -0.05) is 12.8 Å². The smallest absolute Gasteiger partial charge is 0.335 e. The summed E-state index contributed by atoms with van der Waals surface area (Å²) in [6, 6.07) is 4.30. The average molecular weight is 355 g/mol. The maximum Gasteiger partial charge on any atom is 0.335 e. The summed E-state index contributed by atoms with van der Waals surface area (Å²) in [6.45, 7) is 0.185. The average Bonchev–Trinajstić information content (AvgIpc) is 3.01. The number of methoxy groups -OCH3 is 1. The van der Waals surface area contributed by atoms with Gasteiger partial charge in [0.25, 0.3) is 0 Å². The molecule has 0 bridgehead atoms. The molecular weight excluding hydrogens is 334 g/mol. The fourth-order valence-corrected chi connectivity index (χ4v) is 4.61. The van der Waals surface area contributed by atoms with Crippen LogP contribution in [-0.4, -0.2) is 43.5 Å². The van der Waals surface area contributed by atoms with E-state index in [2.05, 4.69) is 5.32 Å². The monoisotopic (exact) mass is 355 g/mol. The van der Waals surface area contributed by atoms with Crippen molar-refractivity contribution in [2.45, 2.75) is 37.5 Å². The van der Waals surface area contributed by atoms with Crippen LogP contribution in [0.5, 0.6) is 0 Å². The van der Waals surface area contributed by atoms with E-state index in [0.29, 0.717) is 18.4 Å². The van der Waals surface area contributed by atoms with Crippen molar-refractivity contribution in [3.63, 3.8) is 0 Å². The third-order valence-corrected chi connectivity index (χ3v) is 6.13. The van der Waals surface area contributed by atoms with E-state index in [4.69, 9.17) is 9.84 Å². The first-order valence-electron chi connectivity index (χ1n) is 7.69. The van der Waals surface area contributed by atoms with E-state index in [1.165, 1.54) is 19.2 Å². The predicted octanol–water partition coefficient (Wildman–Crippen LogP) is 1.83. The summed E-state index contributed by atoms with van der Waals surface area (Å²) in [4.78, 5) is 23.2. The maximum atomic E-state index is 12.2. The van der Waals surface area contributed by atoms with Crippen LogP contribution < -0.4 is 5.32 Å². The van der Waals surface area contributed by atoms with Crippen LogP contribution in [0.25, 0.3) is 0 Å². The quantitative estimate of drug-likeness (QED) is 0.772.